The molecule has 376 valence electrons. The average Bonchev–Trinajstić information content (AvgIpc) is 3.24. The molecule has 0 saturated heterocycles. The summed E-state index contributed by atoms with van der Waals surface area (Å²) in [5, 5.41) is 0. The predicted octanol–water partition coefficient (Wildman–Crippen LogP) is 16.3. The third-order valence-corrected chi connectivity index (χ3v) is 13.4. The fraction of sp³-hybridized carbons (Fsp3) is 0.962. The summed E-state index contributed by atoms with van der Waals surface area (Å²) in [6, 6.07) is 0. The SMILES string of the molecule is CCCCCCCCCCCCCCCCCCCCCCCCCC(=O)OC[C@@H](COP(=O)(O)OCC[N+](C)(C)C)OC(=O)CCCCCCCCCCCCCCCCCC. The van der Waals surface area contributed by atoms with Crippen LogP contribution >= 0.6 is 7.82 Å². The van der Waals surface area contributed by atoms with Gasteiger partial charge in [-0.25, -0.2) is 4.57 Å². The number of hydrogen-bond donors (Lipinski definition) is 1. The second-order valence-corrected chi connectivity index (χ2v) is 21.4. The Hall–Kier alpha value is -0.990. The lowest BCUT2D eigenvalue weighted by Gasteiger charge is -2.24. The largest absolute Gasteiger partial charge is 0.472 e. The smallest absolute Gasteiger partial charge is 0.462 e. The van der Waals surface area contributed by atoms with Crippen molar-refractivity contribution >= 4 is 19.8 Å². The van der Waals surface area contributed by atoms with Crippen molar-refractivity contribution in [2.75, 3.05) is 47.5 Å². The van der Waals surface area contributed by atoms with Crippen LogP contribution in [0, 0.1) is 0 Å². The van der Waals surface area contributed by atoms with Gasteiger partial charge in [0.05, 0.1) is 27.7 Å². The molecule has 10 heteroatoms. The van der Waals surface area contributed by atoms with Gasteiger partial charge in [-0.05, 0) is 12.8 Å². The summed E-state index contributed by atoms with van der Waals surface area (Å²) in [7, 11) is 1.50. The molecule has 9 nitrogen and oxygen atoms in total. The molecule has 0 bridgehead atoms. The van der Waals surface area contributed by atoms with Gasteiger partial charge in [0.1, 0.15) is 19.8 Å². The van der Waals surface area contributed by atoms with Gasteiger partial charge in [-0.2, -0.15) is 0 Å². The summed E-state index contributed by atoms with van der Waals surface area (Å²) in [6.45, 7) is 4.50. The normalized spacial score (nSPS) is 13.3. The Bertz CT molecular complexity index is 1040. The molecule has 63 heavy (non-hydrogen) atoms. The van der Waals surface area contributed by atoms with Crippen LogP contribution in [-0.4, -0.2) is 74.9 Å². The molecule has 2 atom stereocenters. The van der Waals surface area contributed by atoms with Crippen molar-refractivity contribution in [2.45, 2.75) is 283 Å². The van der Waals surface area contributed by atoms with E-state index in [1.165, 1.54) is 212 Å². The number of phosphoric acid groups is 1. The van der Waals surface area contributed by atoms with E-state index in [1.54, 1.807) is 0 Å². The van der Waals surface area contributed by atoms with Crippen molar-refractivity contribution in [2.24, 2.45) is 0 Å². The summed E-state index contributed by atoms with van der Waals surface area (Å²) < 4.78 is 34.5. The molecule has 0 fully saturated rings. The van der Waals surface area contributed by atoms with E-state index < -0.39 is 26.5 Å². The van der Waals surface area contributed by atoms with E-state index in [-0.39, 0.29) is 25.6 Å². The number of likely N-dealkylation sites (N-methyl/N-ethyl adjacent to an activating group) is 1. The molecule has 0 aliphatic rings. The van der Waals surface area contributed by atoms with E-state index in [9.17, 15) is 19.0 Å². The molecule has 1 unspecified atom stereocenters. The molecule has 1 N–H and O–H groups in total. The molecule has 0 heterocycles. The zero-order valence-electron chi connectivity index (χ0n) is 42.6. The minimum Gasteiger partial charge on any atom is -0.462 e. The monoisotopic (exact) mass is 917 g/mol. The molecule has 0 rings (SSSR count). The second-order valence-electron chi connectivity index (χ2n) is 20.0. The maximum Gasteiger partial charge on any atom is 0.472 e. The lowest BCUT2D eigenvalue weighted by atomic mass is 10.0. The standard InChI is InChI=1S/C53H106NO8P/c1-6-8-10-12-14-16-18-20-22-24-25-26-27-28-29-30-32-33-35-37-39-41-43-45-52(55)59-49-51(50-61-63(57,58)60-48-47-54(3,4)5)62-53(56)46-44-42-40-38-36-34-31-23-21-19-17-15-13-11-9-7-2/h51H,6-50H2,1-5H3/p+1/t51-/m0/s1. The molecule has 0 radical (unpaired) electrons. The van der Waals surface area contributed by atoms with Crippen molar-refractivity contribution in [1.82, 2.24) is 0 Å². The number of rotatable bonds is 51. The maximum absolute atomic E-state index is 12.8. The van der Waals surface area contributed by atoms with Crippen molar-refractivity contribution in [3.05, 3.63) is 0 Å². The van der Waals surface area contributed by atoms with Crippen LogP contribution < -0.4 is 0 Å². The van der Waals surface area contributed by atoms with Gasteiger partial charge in [-0.15, -0.1) is 0 Å². The third-order valence-electron chi connectivity index (χ3n) is 12.4. The first-order chi connectivity index (χ1) is 30.5. The Morgan fingerprint density at radius 3 is 1.02 bits per heavy atom. The first-order valence-corrected chi connectivity index (χ1v) is 28.8. The van der Waals surface area contributed by atoms with Gasteiger partial charge in [0.15, 0.2) is 6.10 Å². The molecule has 0 aromatic carbocycles. The minimum atomic E-state index is -4.37. The number of ether oxygens (including phenoxy) is 2. The van der Waals surface area contributed by atoms with Crippen LogP contribution in [0.2, 0.25) is 0 Å². The van der Waals surface area contributed by atoms with Gasteiger partial charge < -0.3 is 18.9 Å². The van der Waals surface area contributed by atoms with E-state index in [0.29, 0.717) is 17.4 Å². The highest BCUT2D eigenvalue weighted by Crippen LogP contribution is 2.43. The van der Waals surface area contributed by atoms with Gasteiger partial charge in [-0.1, -0.05) is 251 Å². The average molecular weight is 917 g/mol. The number of quaternary nitrogens is 1. The van der Waals surface area contributed by atoms with Crippen LogP contribution in [0.5, 0.6) is 0 Å². The predicted molar refractivity (Wildman–Crippen MR) is 266 cm³/mol. The fourth-order valence-corrected chi connectivity index (χ4v) is 8.88. The zero-order chi connectivity index (χ0) is 46.4. The van der Waals surface area contributed by atoms with Crippen LogP contribution in [0.1, 0.15) is 277 Å². The van der Waals surface area contributed by atoms with Crippen LogP contribution in [0.3, 0.4) is 0 Å². The maximum atomic E-state index is 12.8. The second kappa shape index (κ2) is 46.1. The molecule has 0 aliphatic heterocycles. The summed E-state index contributed by atoms with van der Waals surface area (Å²) in [5.41, 5.74) is 0. The number of carbonyl (C=O) groups excluding carboxylic acids is 2. The zero-order valence-corrected chi connectivity index (χ0v) is 43.5. The van der Waals surface area contributed by atoms with E-state index in [1.807, 2.05) is 21.1 Å². The highest BCUT2D eigenvalue weighted by atomic mass is 31.2. The summed E-state index contributed by atoms with van der Waals surface area (Å²) >= 11 is 0. The van der Waals surface area contributed by atoms with Crippen LogP contribution in [0.15, 0.2) is 0 Å². The molecule has 0 spiro atoms. The Labute approximate surface area is 391 Å². The first kappa shape index (κ1) is 62.0. The number of carbonyl (C=O) groups is 2. The number of esters is 2. The molecule has 0 aromatic rings. The van der Waals surface area contributed by atoms with E-state index >= 15 is 0 Å². The van der Waals surface area contributed by atoms with Gasteiger partial charge in [0.25, 0.3) is 0 Å². The Morgan fingerprint density at radius 2 is 0.714 bits per heavy atom. The topological polar surface area (TPSA) is 108 Å². The number of nitrogens with zero attached hydrogens (tertiary/aromatic N) is 1. The Kier molecular flexibility index (Phi) is 45.4. The fourth-order valence-electron chi connectivity index (χ4n) is 8.14. The minimum absolute atomic E-state index is 0.0372. The van der Waals surface area contributed by atoms with Crippen LogP contribution in [0.4, 0.5) is 0 Å². The molecular weight excluding hydrogens is 810 g/mol. The first-order valence-electron chi connectivity index (χ1n) is 27.3. The van der Waals surface area contributed by atoms with Crippen LogP contribution in [-0.2, 0) is 32.7 Å². The summed E-state index contributed by atoms with van der Waals surface area (Å²) in [4.78, 5) is 35.6. The van der Waals surface area contributed by atoms with Crippen molar-refractivity contribution < 1.29 is 42.1 Å². The van der Waals surface area contributed by atoms with Crippen molar-refractivity contribution in [1.29, 1.82) is 0 Å². The Balaban J connectivity index is 4.12. The molecule has 0 aromatic heterocycles. The lowest BCUT2D eigenvalue weighted by molar-refractivity contribution is -0.870. The lowest BCUT2D eigenvalue weighted by Crippen LogP contribution is -2.37. The third kappa shape index (κ3) is 50.3. The van der Waals surface area contributed by atoms with Gasteiger partial charge in [-0.3, -0.25) is 18.6 Å². The molecule has 0 amide bonds. The molecular formula is C53H107NO8P+. The molecule has 0 saturated carbocycles. The van der Waals surface area contributed by atoms with Crippen LogP contribution in [0.25, 0.3) is 0 Å². The van der Waals surface area contributed by atoms with E-state index in [2.05, 4.69) is 13.8 Å². The van der Waals surface area contributed by atoms with E-state index in [4.69, 9.17) is 18.5 Å². The van der Waals surface area contributed by atoms with Gasteiger partial charge >= 0.3 is 19.8 Å². The van der Waals surface area contributed by atoms with E-state index in [0.717, 1.165) is 38.5 Å². The van der Waals surface area contributed by atoms with Crippen molar-refractivity contribution in [3.63, 3.8) is 0 Å². The van der Waals surface area contributed by atoms with Crippen molar-refractivity contribution in [3.8, 4) is 0 Å². The Morgan fingerprint density at radius 1 is 0.429 bits per heavy atom. The van der Waals surface area contributed by atoms with Gasteiger partial charge in [0.2, 0.25) is 0 Å². The summed E-state index contributed by atoms with van der Waals surface area (Å²) in [6.07, 6.45) is 50.2. The highest BCUT2D eigenvalue weighted by molar-refractivity contribution is 7.47. The number of phosphoric ester groups is 1. The van der Waals surface area contributed by atoms with Gasteiger partial charge in [0, 0.05) is 12.8 Å². The highest BCUT2D eigenvalue weighted by Gasteiger charge is 2.27. The number of unbranched alkanes of at least 4 members (excludes halogenated alkanes) is 37. The molecule has 0 aliphatic carbocycles. The summed E-state index contributed by atoms with van der Waals surface area (Å²) in [5.74, 6) is -0.776. The number of hydrogen-bond acceptors (Lipinski definition) is 7. The quantitative estimate of drug-likeness (QED) is 0.0278.